The monoisotopic (exact) mass is 221 g/mol. The Morgan fingerprint density at radius 3 is 2.81 bits per heavy atom. The van der Waals surface area contributed by atoms with Gasteiger partial charge in [0.05, 0.1) is 12.8 Å². The van der Waals surface area contributed by atoms with E-state index in [4.69, 9.17) is 4.74 Å². The molecule has 1 aromatic heterocycles. The van der Waals surface area contributed by atoms with Gasteiger partial charge in [0.2, 0.25) is 0 Å². The summed E-state index contributed by atoms with van der Waals surface area (Å²) in [4.78, 5) is 15.6. The first-order chi connectivity index (χ1) is 7.63. The van der Waals surface area contributed by atoms with Gasteiger partial charge in [-0.3, -0.25) is 9.78 Å². The molecular formula is C13H19NO2. The number of aryl methyl sites for hydroxylation is 1. The van der Waals surface area contributed by atoms with Gasteiger partial charge in [-0.1, -0.05) is 13.8 Å². The normalized spacial score (nSPS) is 10.5. The van der Waals surface area contributed by atoms with E-state index in [0.29, 0.717) is 18.8 Å². The van der Waals surface area contributed by atoms with Crippen LogP contribution in [0.4, 0.5) is 0 Å². The minimum Gasteiger partial charge on any atom is -0.492 e. The van der Waals surface area contributed by atoms with Crippen LogP contribution >= 0.6 is 0 Å². The van der Waals surface area contributed by atoms with Crippen LogP contribution in [0, 0.1) is 5.92 Å². The number of nitrogens with zero attached hydrogens (tertiary/aromatic N) is 1. The van der Waals surface area contributed by atoms with E-state index in [1.807, 2.05) is 26.8 Å². The van der Waals surface area contributed by atoms with Crippen molar-refractivity contribution in [3.63, 3.8) is 0 Å². The van der Waals surface area contributed by atoms with E-state index in [1.165, 1.54) is 0 Å². The van der Waals surface area contributed by atoms with E-state index >= 15 is 0 Å². The van der Waals surface area contributed by atoms with Crippen LogP contribution in [0.1, 0.15) is 32.8 Å². The average molecular weight is 221 g/mol. The SMILES string of the molecule is CCOc1cncc(CCC(=O)C(C)C)c1. The fourth-order valence-electron chi connectivity index (χ4n) is 1.40. The summed E-state index contributed by atoms with van der Waals surface area (Å²) in [6, 6.07) is 1.95. The lowest BCUT2D eigenvalue weighted by Crippen LogP contribution is -2.08. The Morgan fingerprint density at radius 2 is 2.19 bits per heavy atom. The molecule has 0 aromatic carbocycles. The molecule has 88 valence electrons. The van der Waals surface area contributed by atoms with Gasteiger partial charge in [-0.05, 0) is 25.0 Å². The Labute approximate surface area is 96.8 Å². The Morgan fingerprint density at radius 1 is 1.44 bits per heavy atom. The fourth-order valence-corrected chi connectivity index (χ4v) is 1.40. The Hall–Kier alpha value is -1.38. The van der Waals surface area contributed by atoms with Crippen LogP contribution in [0.3, 0.4) is 0 Å². The summed E-state index contributed by atoms with van der Waals surface area (Å²) in [5, 5.41) is 0. The van der Waals surface area contributed by atoms with E-state index in [-0.39, 0.29) is 5.92 Å². The summed E-state index contributed by atoms with van der Waals surface area (Å²) >= 11 is 0. The van der Waals surface area contributed by atoms with Crippen molar-refractivity contribution in [3.8, 4) is 5.75 Å². The second kappa shape index (κ2) is 6.26. The van der Waals surface area contributed by atoms with Crippen LogP contribution in [0.15, 0.2) is 18.5 Å². The molecule has 0 saturated carbocycles. The van der Waals surface area contributed by atoms with Crippen molar-refractivity contribution in [2.75, 3.05) is 6.61 Å². The molecule has 0 bridgehead atoms. The molecule has 16 heavy (non-hydrogen) atoms. The van der Waals surface area contributed by atoms with Crippen molar-refractivity contribution in [2.24, 2.45) is 5.92 Å². The molecule has 1 heterocycles. The zero-order valence-electron chi connectivity index (χ0n) is 10.2. The van der Waals surface area contributed by atoms with Gasteiger partial charge in [-0.15, -0.1) is 0 Å². The Bertz CT molecular complexity index is 348. The second-order valence-corrected chi connectivity index (χ2v) is 4.08. The van der Waals surface area contributed by atoms with Gasteiger partial charge in [-0.2, -0.15) is 0 Å². The third-order valence-corrected chi connectivity index (χ3v) is 2.38. The largest absolute Gasteiger partial charge is 0.492 e. The highest BCUT2D eigenvalue weighted by atomic mass is 16.5. The van der Waals surface area contributed by atoms with Gasteiger partial charge >= 0.3 is 0 Å². The number of carbonyl (C=O) groups excluding carboxylic acids is 1. The van der Waals surface area contributed by atoms with Crippen molar-refractivity contribution in [1.29, 1.82) is 0 Å². The molecule has 0 fully saturated rings. The number of carbonyl (C=O) groups is 1. The van der Waals surface area contributed by atoms with Crippen LogP contribution < -0.4 is 4.74 Å². The third-order valence-electron chi connectivity index (χ3n) is 2.38. The number of pyridine rings is 1. The standard InChI is InChI=1S/C13H19NO2/c1-4-16-12-7-11(8-14-9-12)5-6-13(15)10(2)3/h7-10H,4-6H2,1-3H3. The zero-order chi connectivity index (χ0) is 12.0. The molecule has 0 saturated heterocycles. The molecule has 3 nitrogen and oxygen atoms in total. The molecule has 1 rings (SSSR count). The molecule has 0 N–H and O–H groups in total. The maximum absolute atomic E-state index is 11.5. The summed E-state index contributed by atoms with van der Waals surface area (Å²) < 4.78 is 5.35. The second-order valence-electron chi connectivity index (χ2n) is 4.08. The Kier molecular flexibility index (Phi) is 4.96. The topological polar surface area (TPSA) is 39.2 Å². The van der Waals surface area contributed by atoms with Crippen LogP contribution in [0.5, 0.6) is 5.75 Å². The lowest BCUT2D eigenvalue weighted by Gasteiger charge is -2.06. The van der Waals surface area contributed by atoms with Crippen LogP contribution in [0.2, 0.25) is 0 Å². The van der Waals surface area contributed by atoms with Gasteiger partial charge in [0, 0.05) is 18.5 Å². The van der Waals surface area contributed by atoms with E-state index in [0.717, 1.165) is 17.7 Å². The quantitative estimate of drug-likeness (QED) is 0.741. The maximum atomic E-state index is 11.5. The summed E-state index contributed by atoms with van der Waals surface area (Å²) in [7, 11) is 0. The minimum atomic E-state index is 0.114. The third kappa shape index (κ3) is 4.01. The first kappa shape index (κ1) is 12.7. The zero-order valence-corrected chi connectivity index (χ0v) is 10.2. The number of hydrogen-bond acceptors (Lipinski definition) is 3. The van der Waals surface area contributed by atoms with Crippen LogP contribution in [-0.4, -0.2) is 17.4 Å². The average Bonchev–Trinajstić information content (AvgIpc) is 2.26. The van der Waals surface area contributed by atoms with E-state index < -0.39 is 0 Å². The first-order valence-electron chi connectivity index (χ1n) is 5.73. The Balaban J connectivity index is 2.53. The maximum Gasteiger partial charge on any atom is 0.137 e. The van der Waals surface area contributed by atoms with Gasteiger partial charge in [-0.25, -0.2) is 0 Å². The number of ether oxygens (including phenoxy) is 1. The highest BCUT2D eigenvalue weighted by molar-refractivity contribution is 5.80. The van der Waals surface area contributed by atoms with Crippen LogP contribution in [0.25, 0.3) is 0 Å². The predicted octanol–water partition coefficient (Wildman–Crippen LogP) is 2.64. The van der Waals surface area contributed by atoms with E-state index in [9.17, 15) is 4.79 Å². The van der Waals surface area contributed by atoms with Gasteiger partial charge in [0.15, 0.2) is 0 Å². The number of rotatable bonds is 6. The van der Waals surface area contributed by atoms with Crippen molar-refractivity contribution < 1.29 is 9.53 Å². The molecule has 1 aromatic rings. The van der Waals surface area contributed by atoms with Crippen LogP contribution in [-0.2, 0) is 11.2 Å². The molecule has 0 radical (unpaired) electrons. The lowest BCUT2D eigenvalue weighted by molar-refractivity contribution is -0.121. The first-order valence-corrected chi connectivity index (χ1v) is 5.73. The van der Waals surface area contributed by atoms with Crippen molar-refractivity contribution in [1.82, 2.24) is 4.98 Å². The molecule has 3 heteroatoms. The minimum absolute atomic E-state index is 0.114. The molecule has 0 aliphatic heterocycles. The lowest BCUT2D eigenvalue weighted by atomic mass is 10.0. The van der Waals surface area contributed by atoms with Crippen molar-refractivity contribution in [2.45, 2.75) is 33.6 Å². The van der Waals surface area contributed by atoms with E-state index in [1.54, 1.807) is 12.4 Å². The molecule has 0 aliphatic rings. The molecule has 0 amide bonds. The summed E-state index contributed by atoms with van der Waals surface area (Å²) in [6.07, 6.45) is 4.80. The van der Waals surface area contributed by atoms with Crippen molar-refractivity contribution >= 4 is 5.78 Å². The highest BCUT2D eigenvalue weighted by Gasteiger charge is 2.07. The fraction of sp³-hybridized carbons (Fsp3) is 0.538. The van der Waals surface area contributed by atoms with Gasteiger partial charge in [0.25, 0.3) is 0 Å². The van der Waals surface area contributed by atoms with Crippen molar-refractivity contribution in [3.05, 3.63) is 24.0 Å². The summed E-state index contributed by atoms with van der Waals surface area (Å²) in [5.41, 5.74) is 1.06. The van der Waals surface area contributed by atoms with Gasteiger partial charge < -0.3 is 4.74 Å². The predicted molar refractivity (Wildman–Crippen MR) is 63.6 cm³/mol. The molecule has 0 atom stereocenters. The number of Topliss-reactive ketones (excluding diaryl/α,β-unsaturated/α-hetero) is 1. The highest BCUT2D eigenvalue weighted by Crippen LogP contribution is 2.13. The molecule has 0 aliphatic carbocycles. The summed E-state index contributed by atoms with van der Waals surface area (Å²) in [6.45, 7) is 6.43. The van der Waals surface area contributed by atoms with Gasteiger partial charge in [0.1, 0.15) is 11.5 Å². The summed E-state index contributed by atoms with van der Waals surface area (Å²) in [5.74, 6) is 1.18. The molecule has 0 spiro atoms. The van der Waals surface area contributed by atoms with E-state index in [2.05, 4.69) is 4.98 Å². The number of ketones is 1. The number of aromatic nitrogens is 1. The molecule has 0 unspecified atom stereocenters. The molecular weight excluding hydrogens is 202 g/mol. The number of hydrogen-bond donors (Lipinski definition) is 0. The smallest absolute Gasteiger partial charge is 0.137 e.